The third-order valence-corrected chi connectivity index (χ3v) is 5.01. The maximum Gasteiger partial charge on any atom is 0.319 e. The van der Waals surface area contributed by atoms with Gasteiger partial charge in [0.05, 0.1) is 6.61 Å². The van der Waals surface area contributed by atoms with Crippen molar-refractivity contribution in [3.63, 3.8) is 0 Å². The lowest BCUT2D eigenvalue weighted by Crippen LogP contribution is -2.32. The molecule has 0 aromatic heterocycles. The molecule has 1 aliphatic carbocycles. The third-order valence-electron chi connectivity index (χ3n) is 5.01. The van der Waals surface area contributed by atoms with Crippen molar-refractivity contribution in [1.29, 1.82) is 0 Å². The lowest BCUT2D eigenvalue weighted by molar-refractivity contribution is -0.148. The Balaban J connectivity index is 1.59. The van der Waals surface area contributed by atoms with Gasteiger partial charge in [-0.3, -0.25) is 9.59 Å². The molecule has 1 saturated heterocycles. The van der Waals surface area contributed by atoms with Crippen molar-refractivity contribution in [3.8, 4) is 5.75 Å². The lowest BCUT2D eigenvalue weighted by atomic mass is 10.0. The highest BCUT2D eigenvalue weighted by atomic mass is 16.5. The molecule has 2 aliphatic rings. The zero-order valence-electron chi connectivity index (χ0n) is 13.8. The van der Waals surface area contributed by atoms with Crippen molar-refractivity contribution in [1.82, 2.24) is 0 Å². The molecule has 2 fully saturated rings. The van der Waals surface area contributed by atoms with Gasteiger partial charge in [-0.1, -0.05) is 13.0 Å². The number of rotatable bonds is 6. The van der Waals surface area contributed by atoms with Crippen LogP contribution in [0.5, 0.6) is 5.75 Å². The van der Waals surface area contributed by atoms with Crippen LogP contribution in [0.15, 0.2) is 24.3 Å². The summed E-state index contributed by atoms with van der Waals surface area (Å²) < 4.78 is 11.1. The maximum atomic E-state index is 12.3. The molecule has 1 saturated carbocycles. The Bertz CT molecular complexity index is 626. The summed E-state index contributed by atoms with van der Waals surface area (Å²) in [5.41, 5.74) is -0.719. The molecule has 24 heavy (non-hydrogen) atoms. The van der Waals surface area contributed by atoms with Crippen LogP contribution in [0.1, 0.15) is 26.2 Å². The van der Waals surface area contributed by atoms with Crippen molar-refractivity contribution in [2.75, 3.05) is 25.1 Å². The minimum absolute atomic E-state index is 0.136. The van der Waals surface area contributed by atoms with Gasteiger partial charge in [-0.2, -0.15) is 0 Å². The molecule has 3 rings (SSSR count). The number of carbonyl (C=O) groups is 2. The number of hydrogen-bond donors (Lipinski definition) is 2. The van der Waals surface area contributed by atoms with E-state index in [9.17, 15) is 14.7 Å². The number of carboxylic acids is 1. The van der Waals surface area contributed by atoms with Crippen molar-refractivity contribution < 1.29 is 24.2 Å². The van der Waals surface area contributed by atoms with Crippen molar-refractivity contribution in [2.24, 2.45) is 17.3 Å². The van der Waals surface area contributed by atoms with Crippen LogP contribution in [-0.2, 0) is 14.3 Å². The Morgan fingerprint density at radius 3 is 2.71 bits per heavy atom. The molecule has 1 amide bonds. The van der Waals surface area contributed by atoms with Crippen molar-refractivity contribution >= 4 is 17.6 Å². The van der Waals surface area contributed by atoms with E-state index < -0.39 is 17.3 Å². The predicted molar refractivity (Wildman–Crippen MR) is 88.0 cm³/mol. The van der Waals surface area contributed by atoms with Crippen LogP contribution < -0.4 is 10.1 Å². The molecular formula is C18H23NO5. The van der Waals surface area contributed by atoms with Gasteiger partial charge in [0.1, 0.15) is 11.2 Å². The SMILES string of the molecule is C[C@@H]1C[C@@]1(C(=O)O)C(=O)Nc1cccc(OCC2CCOCC2)c1. The maximum absolute atomic E-state index is 12.3. The molecule has 0 radical (unpaired) electrons. The Hall–Kier alpha value is -2.08. The number of carbonyl (C=O) groups excluding carboxylic acids is 1. The zero-order chi connectivity index (χ0) is 17.2. The highest BCUT2D eigenvalue weighted by molar-refractivity contribution is 6.11. The van der Waals surface area contributed by atoms with E-state index >= 15 is 0 Å². The highest BCUT2D eigenvalue weighted by Gasteiger charge is 2.63. The number of amides is 1. The van der Waals surface area contributed by atoms with Gasteiger partial charge in [0.25, 0.3) is 0 Å². The number of nitrogens with one attached hydrogen (secondary N) is 1. The molecule has 130 valence electrons. The average molecular weight is 333 g/mol. The van der Waals surface area contributed by atoms with Crippen LogP contribution in [-0.4, -0.2) is 36.8 Å². The first kappa shape index (κ1) is 16.8. The molecular weight excluding hydrogens is 310 g/mol. The van der Waals surface area contributed by atoms with Gasteiger partial charge in [-0.05, 0) is 43.2 Å². The van der Waals surface area contributed by atoms with Crippen LogP contribution in [0.4, 0.5) is 5.69 Å². The second kappa shape index (κ2) is 6.81. The van der Waals surface area contributed by atoms with Gasteiger partial charge in [0, 0.05) is 25.0 Å². The fourth-order valence-corrected chi connectivity index (χ4v) is 3.17. The largest absolute Gasteiger partial charge is 0.493 e. The minimum atomic E-state index is -1.28. The Kier molecular flexibility index (Phi) is 4.76. The van der Waals surface area contributed by atoms with E-state index in [1.807, 2.05) is 6.07 Å². The Morgan fingerprint density at radius 1 is 1.38 bits per heavy atom. The number of anilines is 1. The fraction of sp³-hybridized carbons (Fsp3) is 0.556. The van der Waals surface area contributed by atoms with Crippen LogP contribution in [0.2, 0.25) is 0 Å². The normalized spacial score (nSPS) is 26.6. The van der Waals surface area contributed by atoms with E-state index in [4.69, 9.17) is 9.47 Å². The second-order valence-electron chi connectivity index (χ2n) is 6.73. The van der Waals surface area contributed by atoms with Gasteiger partial charge >= 0.3 is 5.97 Å². The summed E-state index contributed by atoms with van der Waals surface area (Å²) in [5.74, 6) is -0.487. The molecule has 1 heterocycles. The van der Waals surface area contributed by atoms with E-state index in [1.54, 1.807) is 25.1 Å². The summed E-state index contributed by atoms with van der Waals surface area (Å²) in [5, 5.41) is 12.0. The minimum Gasteiger partial charge on any atom is -0.493 e. The molecule has 6 heteroatoms. The van der Waals surface area contributed by atoms with Crippen LogP contribution in [0.3, 0.4) is 0 Å². The van der Waals surface area contributed by atoms with E-state index in [2.05, 4.69) is 5.32 Å². The van der Waals surface area contributed by atoms with Gasteiger partial charge in [-0.15, -0.1) is 0 Å². The molecule has 0 bridgehead atoms. The summed E-state index contributed by atoms with van der Waals surface area (Å²) in [6, 6.07) is 7.10. The van der Waals surface area contributed by atoms with Crippen LogP contribution in [0, 0.1) is 17.3 Å². The molecule has 2 N–H and O–H groups in total. The monoisotopic (exact) mass is 333 g/mol. The van der Waals surface area contributed by atoms with Crippen molar-refractivity contribution in [2.45, 2.75) is 26.2 Å². The number of benzene rings is 1. The molecule has 1 aliphatic heterocycles. The molecule has 0 spiro atoms. The number of aliphatic carboxylic acids is 1. The molecule has 1 aromatic carbocycles. The number of ether oxygens (including phenoxy) is 2. The molecule has 0 unspecified atom stereocenters. The lowest BCUT2D eigenvalue weighted by Gasteiger charge is -2.22. The van der Waals surface area contributed by atoms with E-state index in [0.29, 0.717) is 30.4 Å². The second-order valence-corrected chi connectivity index (χ2v) is 6.73. The topological polar surface area (TPSA) is 84.9 Å². The van der Waals surface area contributed by atoms with Crippen LogP contribution in [0.25, 0.3) is 0 Å². The number of carboxylic acid groups (broad SMARTS) is 1. The summed E-state index contributed by atoms with van der Waals surface area (Å²) in [4.78, 5) is 23.7. The first-order valence-electron chi connectivity index (χ1n) is 8.38. The first-order chi connectivity index (χ1) is 11.5. The smallest absolute Gasteiger partial charge is 0.319 e. The Morgan fingerprint density at radius 2 is 2.08 bits per heavy atom. The van der Waals surface area contributed by atoms with Crippen molar-refractivity contribution in [3.05, 3.63) is 24.3 Å². The molecule has 1 aromatic rings. The summed E-state index contributed by atoms with van der Waals surface area (Å²) in [6.45, 7) is 3.96. The zero-order valence-corrected chi connectivity index (χ0v) is 13.8. The Labute approximate surface area is 141 Å². The van der Waals surface area contributed by atoms with Gasteiger partial charge in [-0.25, -0.2) is 0 Å². The standard InChI is InChI=1S/C18H23NO5/c1-12-10-18(12,17(21)22)16(20)19-14-3-2-4-15(9-14)24-11-13-5-7-23-8-6-13/h2-4,9,12-13H,5-8,10-11H2,1H3,(H,19,20)(H,21,22)/t12-,18+/m1/s1. The summed E-state index contributed by atoms with van der Waals surface area (Å²) in [6.07, 6.45) is 2.37. The third kappa shape index (κ3) is 3.38. The van der Waals surface area contributed by atoms with Gasteiger partial charge in [0.2, 0.25) is 5.91 Å². The molecule has 6 nitrogen and oxygen atoms in total. The van der Waals surface area contributed by atoms with Crippen LogP contribution >= 0.6 is 0 Å². The van der Waals surface area contributed by atoms with Gasteiger partial charge in [0.15, 0.2) is 0 Å². The van der Waals surface area contributed by atoms with E-state index in [0.717, 1.165) is 26.1 Å². The van der Waals surface area contributed by atoms with E-state index in [-0.39, 0.29) is 5.92 Å². The summed E-state index contributed by atoms with van der Waals surface area (Å²) >= 11 is 0. The highest BCUT2D eigenvalue weighted by Crippen LogP contribution is 2.53. The molecule has 2 atom stereocenters. The quantitative estimate of drug-likeness (QED) is 0.782. The average Bonchev–Trinajstić information content (AvgIpc) is 3.27. The van der Waals surface area contributed by atoms with E-state index in [1.165, 1.54) is 0 Å². The van der Waals surface area contributed by atoms with Gasteiger partial charge < -0.3 is 19.9 Å². The fourth-order valence-electron chi connectivity index (χ4n) is 3.17. The summed E-state index contributed by atoms with van der Waals surface area (Å²) in [7, 11) is 0. The number of hydrogen-bond acceptors (Lipinski definition) is 4. The predicted octanol–water partition coefficient (Wildman–Crippen LogP) is 2.54. The first-order valence-corrected chi connectivity index (χ1v) is 8.38.